The van der Waals surface area contributed by atoms with Crippen molar-refractivity contribution in [3.05, 3.63) is 52.1 Å². The fraction of sp³-hybridized carbons (Fsp3) is 0.200. The van der Waals surface area contributed by atoms with Crippen LogP contribution in [-0.2, 0) is 0 Å². The molecule has 3 nitrogen and oxygen atoms in total. The molecule has 1 aromatic heterocycles. The minimum Gasteiger partial charge on any atom is -0.383 e. The van der Waals surface area contributed by atoms with Crippen molar-refractivity contribution in [3.63, 3.8) is 0 Å². The van der Waals surface area contributed by atoms with Crippen LogP contribution in [0.1, 0.15) is 15.4 Å². The summed E-state index contributed by atoms with van der Waals surface area (Å²) in [6.45, 7) is 1.85. The summed E-state index contributed by atoms with van der Waals surface area (Å²) < 4.78 is 0. The zero-order valence-electron chi connectivity index (χ0n) is 11.6. The van der Waals surface area contributed by atoms with E-state index in [1.54, 1.807) is 12.3 Å². The summed E-state index contributed by atoms with van der Waals surface area (Å²) in [4.78, 5) is 19.1. The molecule has 0 atom stereocenters. The molecule has 0 spiro atoms. The predicted molar refractivity (Wildman–Crippen MR) is 84.5 cm³/mol. The van der Waals surface area contributed by atoms with Crippen molar-refractivity contribution in [2.24, 2.45) is 0 Å². The predicted octanol–water partition coefficient (Wildman–Crippen LogP) is 4.03. The molecule has 0 N–H and O–H groups in total. The van der Waals surface area contributed by atoms with Crippen molar-refractivity contribution < 1.29 is 4.79 Å². The molecule has 1 aromatic carbocycles. The van der Waals surface area contributed by atoms with Crippen LogP contribution in [0.15, 0.2) is 36.5 Å². The quantitative estimate of drug-likeness (QED) is 0.631. The first-order valence-electron chi connectivity index (χ1n) is 6.09. The fourth-order valence-corrected chi connectivity index (χ4v) is 2.75. The minimum atomic E-state index is -0.0195. The third-order valence-electron chi connectivity index (χ3n) is 2.64. The number of nitrogens with zero attached hydrogens (tertiary/aromatic N) is 2. The van der Waals surface area contributed by atoms with E-state index >= 15 is 0 Å². The Balaban J connectivity index is 2.30. The van der Waals surface area contributed by atoms with Gasteiger partial charge < -0.3 is 4.90 Å². The van der Waals surface area contributed by atoms with Gasteiger partial charge in [0.1, 0.15) is 5.01 Å². The summed E-state index contributed by atoms with van der Waals surface area (Å²) in [6, 6.07) is 7.46. The van der Waals surface area contributed by atoms with E-state index in [2.05, 4.69) is 4.98 Å². The highest BCUT2D eigenvalue weighted by molar-refractivity contribution is 7.17. The molecule has 0 saturated carbocycles. The van der Waals surface area contributed by atoms with Crippen molar-refractivity contribution >= 4 is 28.7 Å². The Morgan fingerprint density at radius 2 is 1.95 bits per heavy atom. The third kappa shape index (κ3) is 3.46. The summed E-state index contributed by atoms with van der Waals surface area (Å²) >= 11 is 7.28. The van der Waals surface area contributed by atoms with Gasteiger partial charge in [-0.3, -0.25) is 4.79 Å². The molecule has 0 aliphatic heterocycles. The summed E-state index contributed by atoms with van der Waals surface area (Å²) in [6.07, 6.45) is 3.30. The van der Waals surface area contributed by atoms with Gasteiger partial charge in [0.05, 0.1) is 10.6 Å². The van der Waals surface area contributed by atoms with Crippen LogP contribution in [0.5, 0.6) is 0 Å². The molecule has 0 amide bonds. The van der Waals surface area contributed by atoms with E-state index in [0.717, 1.165) is 16.3 Å². The van der Waals surface area contributed by atoms with Crippen LogP contribution in [-0.4, -0.2) is 29.8 Å². The molecule has 2 aromatic rings. The van der Waals surface area contributed by atoms with E-state index in [9.17, 15) is 4.79 Å². The maximum absolute atomic E-state index is 12.1. The lowest BCUT2D eigenvalue weighted by molar-refractivity contribution is 0.104. The second kappa shape index (κ2) is 6.20. The monoisotopic (exact) mass is 306 g/mol. The highest BCUT2D eigenvalue weighted by Gasteiger charge is 2.14. The van der Waals surface area contributed by atoms with Crippen molar-refractivity contribution in [1.29, 1.82) is 0 Å². The number of carbonyl (C=O) groups is 1. The van der Waals surface area contributed by atoms with Gasteiger partial charge in [-0.2, -0.15) is 0 Å². The van der Waals surface area contributed by atoms with E-state index in [1.165, 1.54) is 11.3 Å². The van der Waals surface area contributed by atoms with Crippen LogP contribution in [0.4, 0.5) is 0 Å². The highest BCUT2D eigenvalue weighted by Crippen LogP contribution is 2.29. The second-order valence-corrected chi connectivity index (χ2v) is 6.02. The average molecular weight is 307 g/mol. The fourth-order valence-electron chi connectivity index (χ4n) is 1.63. The molecule has 1 heterocycles. The number of hydrogen-bond donors (Lipinski definition) is 0. The molecule has 0 bridgehead atoms. The number of benzene rings is 1. The minimum absolute atomic E-state index is 0.0195. The van der Waals surface area contributed by atoms with Gasteiger partial charge in [-0.05, 0) is 19.1 Å². The normalized spacial score (nSPS) is 11.0. The van der Waals surface area contributed by atoms with Gasteiger partial charge in [0.2, 0.25) is 0 Å². The van der Waals surface area contributed by atoms with Gasteiger partial charge >= 0.3 is 0 Å². The number of carbonyl (C=O) groups excluding carboxylic acids is 1. The van der Waals surface area contributed by atoms with Gasteiger partial charge in [0.15, 0.2) is 5.78 Å². The topological polar surface area (TPSA) is 33.2 Å². The number of thiazole rings is 1. The zero-order valence-corrected chi connectivity index (χ0v) is 13.1. The third-order valence-corrected chi connectivity index (χ3v) is 4.11. The van der Waals surface area contributed by atoms with Crippen LogP contribution >= 0.6 is 22.9 Å². The number of rotatable bonds is 4. The Bertz CT molecular complexity index is 644. The van der Waals surface area contributed by atoms with Crippen LogP contribution in [0.3, 0.4) is 0 Å². The Morgan fingerprint density at radius 3 is 2.55 bits per heavy atom. The van der Waals surface area contributed by atoms with E-state index in [0.29, 0.717) is 9.90 Å². The molecule has 0 saturated heterocycles. The standard InChI is InChI=1S/C15H15ClN2OS/c1-10-14(13(19)8-9-18(2)3)20-15(17-10)11-4-6-12(16)7-5-11/h4-9H,1-3H3/b9-8+. The number of allylic oxidation sites excluding steroid dienone is 1. The first kappa shape index (κ1) is 14.8. The summed E-state index contributed by atoms with van der Waals surface area (Å²) in [7, 11) is 3.75. The molecule has 2 rings (SSSR count). The molecule has 104 valence electrons. The molecule has 0 aliphatic carbocycles. The second-order valence-electron chi connectivity index (χ2n) is 4.58. The Kier molecular flexibility index (Phi) is 4.57. The Labute approximate surface area is 127 Å². The summed E-state index contributed by atoms with van der Waals surface area (Å²) in [5.74, 6) is -0.0195. The van der Waals surface area contributed by atoms with Crippen molar-refractivity contribution in [1.82, 2.24) is 9.88 Å². The maximum atomic E-state index is 12.1. The number of hydrogen-bond acceptors (Lipinski definition) is 4. The largest absolute Gasteiger partial charge is 0.383 e. The van der Waals surface area contributed by atoms with Gasteiger partial charge in [0.25, 0.3) is 0 Å². The molecule has 0 radical (unpaired) electrons. The molecule has 0 aliphatic rings. The number of aryl methyl sites for hydroxylation is 1. The molecule has 0 unspecified atom stereocenters. The summed E-state index contributed by atoms with van der Waals surface area (Å²) in [5, 5.41) is 1.52. The van der Waals surface area contributed by atoms with Crippen molar-refractivity contribution in [2.75, 3.05) is 14.1 Å². The molecule has 5 heteroatoms. The lowest BCUT2D eigenvalue weighted by Gasteiger charge is -2.01. The Hall–Kier alpha value is -1.65. The maximum Gasteiger partial charge on any atom is 0.199 e. The van der Waals surface area contributed by atoms with Crippen LogP contribution in [0.2, 0.25) is 5.02 Å². The highest BCUT2D eigenvalue weighted by atomic mass is 35.5. The molecular formula is C15H15ClN2OS. The van der Waals surface area contributed by atoms with E-state index in [-0.39, 0.29) is 5.78 Å². The number of halogens is 1. The SMILES string of the molecule is Cc1nc(-c2ccc(Cl)cc2)sc1C(=O)/C=C/N(C)C. The van der Waals surface area contributed by atoms with Crippen molar-refractivity contribution in [3.8, 4) is 10.6 Å². The van der Waals surface area contributed by atoms with Gasteiger partial charge in [-0.15, -0.1) is 11.3 Å². The summed E-state index contributed by atoms with van der Waals surface area (Å²) in [5.41, 5.74) is 1.73. The molecule has 0 fully saturated rings. The smallest absolute Gasteiger partial charge is 0.199 e. The lowest BCUT2D eigenvalue weighted by atomic mass is 10.2. The van der Waals surface area contributed by atoms with Crippen molar-refractivity contribution in [2.45, 2.75) is 6.92 Å². The lowest BCUT2D eigenvalue weighted by Crippen LogP contribution is -2.02. The van der Waals surface area contributed by atoms with Crippen LogP contribution in [0, 0.1) is 6.92 Å². The van der Waals surface area contributed by atoms with E-state index < -0.39 is 0 Å². The van der Waals surface area contributed by atoms with Gasteiger partial charge in [0, 0.05) is 37.0 Å². The van der Waals surface area contributed by atoms with Crippen LogP contribution < -0.4 is 0 Å². The average Bonchev–Trinajstić information content (AvgIpc) is 2.79. The molecule has 20 heavy (non-hydrogen) atoms. The first-order valence-corrected chi connectivity index (χ1v) is 7.29. The number of ketones is 1. The Morgan fingerprint density at radius 1 is 1.30 bits per heavy atom. The van der Waals surface area contributed by atoms with Gasteiger partial charge in [-0.25, -0.2) is 4.98 Å². The zero-order chi connectivity index (χ0) is 14.7. The van der Waals surface area contributed by atoms with E-state index in [1.807, 2.05) is 50.2 Å². The van der Waals surface area contributed by atoms with Gasteiger partial charge in [-0.1, -0.05) is 23.7 Å². The first-order chi connectivity index (χ1) is 9.47. The van der Waals surface area contributed by atoms with E-state index in [4.69, 9.17) is 11.6 Å². The molecular weight excluding hydrogens is 292 g/mol. The van der Waals surface area contributed by atoms with Crippen LogP contribution in [0.25, 0.3) is 10.6 Å². The number of aromatic nitrogens is 1.